The molecule has 1 aromatic heterocycles. The number of carbonyl (C=O) groups is 4. The number of carbonyl (C=O) groups excluding carboxylic acids is 4. The molecule has 1 atom stereocenters. The van der Waals surface area contributed by atoms with Crippen molar-refractivity contribution in [3.8, 4) is 0 Å². The standard InChI is InChI=1S/C19H22N4O5/c1-19(2)17(26)23(18(27)22-19)10-15(24)21-14(16(25)28-3)8-11-9-20-13-7-5-4-6-12(11)13/h4-7,9,14,20H,8,10H2,1-3H3,(H,21,24)(H,22,27)/t14-/m0/s1. The fraction of sp³-hybridized carbons (Fsp3) is 0.368. The summed E-state index contributed by atoms with van der Waals surface area (Å²) in [6.07, 6.45) is 1.97. The number of imide groups is 1. The molecule has 0 spiro atoms. The fourth-order valence-electron chi connectivity index (χ4n) is 3.20. The van der Waals surface area contributed by atoms with Gasteiger partial charge in [0.15, 0.2) is 0 Å². The summed E-state index contributed by atoms with van der Waals surface area (Å²) in [5.74, 6) is -1.74. The highest BCUT2D eigenvalue weighted by molar-refractivity contribution is 6.08. The van der Waals surface area contributed by atoms with Gasteiger partial charge in [0.1, 0.15) is 18.1 Å². The number of aromatic amines is 1. The Bertz CT molecular complexity index is 949. The number of urea groups is 1. The molecule has 1 aliphatic rings. The van der Waals surface area contributed by atoms with E-state index in [1.807, 2.05) is 24.3 Å². The average Bonchev–Trinajstić information content (AvgIpc) is 3.14. The van der Waals surface area contributed by atoms with Gasteiger partial charge in [-0.1, -0.05) is 18.2 Å². The lowest BCUT2D eigenvalue weighted by molar-refractivity contribution is -0.145. The Morgan fingerprint density at radius 3 is 2.61 bits per heavy atom. The van der Waals surface area contributed by atoms with Gasteiger partial charge in [-0.2, -0.15) is 0 Å². The molecule has 0 bridgehead atoms. The van der Waals surface area contributed by atoms with E-state index in [-0.39, 0.29) is 6.42 Å². The number of methoxy groups -OCH3 is 1. The van der Waals surface area contributed by atoms with E-state index >= 15 is 0 Å². The number of ether oxygens (including phenoxy) is 1. The maximum Gasteiger partial charge on any atom is 0.328 e. The second kappa shape index (κ2) is 7.34. The molecule has 28 heavy (non-hydrogen) atoms. The first-order valence-electron chi connectivity index (χ1n) is 8.79. The zero-order valence-corrected chi connectivity index (χ0v) is 15.9. The number of nitrogens with one attached hydrogen (secondary N) is 3. The lowest BCUT2D eigenvalue weighted by Crippen LogP contribution is -2.48. The highest BCUT2D eigenvalue weighted by Gasteiger charge is 2.45. The Labute approximate surface area is 161 Å². The van der Waals surface area contributed by atoms with Gasteiger partial charge < -0.3 is 20.4 Å². The van der Waals surface area contributed by atoms with Gasteiger partial charge >= 0.3 is 12.0 Å². The molecule has 0 aliphatic carbocycles. The van der Waals surface area contributed by atoms with E-state index < -0.39 is 41.9 Å². The summed E-state index contributed by atoms with van der Waals surface area (Å²) in [6.45, 7) is 2.63. The van der Waals surface area contributed by atoms with Crippen LogP contribution < -0.4 is 10.6 Å². The Morgan fingerprint density at radius 2 is 1.96 bits per heavy atom. The summed E-state index contributed by atoms with van der Waals surface area (Å²) >= 11 is 0. The molecule has 0 saturated carbocycles. The summed E-state index contributed by atoms with van der Waals surface area (Å²) in [5.41, 5.74) is 0.680. The van der Waals surface area contributed by atoms with E-state index in [4.69, 9.17) is 4.74 Å². The predicted molar refractivity (Wildman–Crippen MR) is 100 cm³/mol. The molecule has 0 radical (unpaired) electrons. The number of hydrogen-bond acceptors (Lipinski definition) is 5. The van der Waals surface area contributed by atoms with E-state index in [9.17, 15) is 19.2 Å². The minimum Gasteiger partial charge on any atom is -0.467 e. The van der Waals surface area contributed by atoms with Crippen molar-refractivity contribution in [2.75, 3.05) is 13.7 Å². The van der Waals surface area contributed by atoms with Crippen LogP contribution in [0, 0.1) is 0 Å². The van der Waals surface area contributed by atoms with E-state index in [2.05, 4.69) is 15.6 Å². The summed E-state index contributed by atoms with van der Waals surface area (Å²) < 4.78 is 4.80. The first-order chi connectivity index (χ1) is 13.2. The van der Waals surface area contributed by atoms with Gasteiger partial charge in [-0.25, -0.2) is 9.59 Å². The predicted octanol–water partition coefficient (Wildman–Crippen LogP) is 0.699. The molecular weight excluding hydrogens is 364 g/mol. The van der Waals surface area contributed by atoms with Crippen LogP contribution in [0.1, 0.15) is 19.4 Å². The number of fused-ring (bicyclic) bond motifs is 1. The molecule has 9 nitrogen and oxygen atoms in total. The topological polar surface area (TPSA) is 121 Å². The highest BCUT2D eigenvalue weighted by Crippen LogP contribution is 2.20. The van der Waals surface area contributed by atoms with E-state index in [0.29, 0.717) is 0 Å². The van der Waals surface area contributed by atoms with Gasteiger partial charge in [0, 0.05) is 23.5 Å². The molecule has 1 aromatic carbocycles. The van der Waals surface area contributed by atoms with E-state index in [1.54, 1.807) is 20.0 Å². The Kier molecular flexibility index (Phi) is 5.08. The second-order valence-electron chi connectivity index (χ2n) is 7.15. The van der Waals surface area contributed by atoms with Crippen molar-refractivity contribution in [3.05, 3.63) is 36.0 Å². The van der Waals surface area contributed by atoms with Crippen molar-refractivity contribution < 1.29 is 23.9 Å². The van der Waals surface area contributed by atoms with Crippen LogP contribution in [-0.2, 0) is 25.5 Å². The molecular formula is C19H22N4O5. The zero-order valence-electron chi connectivity index (χ0n) is 15.9. The first-order valence-corrected chi connectivity index (χ1v) is 8.79. The lowest BCUT2D eigenvalue weighted by atomic mass is 10.0. The van der Waals surface area contributed by atoms with Crippen molar-refractivity contribution in [2.24, 2.45) is 0 Å². The van der Waals surface area contributed by atoms with Crippen molar-refractivity contribution in [2.45, 2.75) is 31.8 Å². The molecule has 1 saturated heterocycles. The number of H-pyrrole nitrogens is 1. The minimum absolute atomic E-state index is 0.202. The number of nitrogens with zero attached hydrogens (tertiary/aromatic N) is 1. The number of para-hydroxylation sites is 1. The van der Waals surface area contributed by atoms with Crippen LogP contribution in [0.3, 0.4) is 0 Å². The SMILES string of the molecule is COC(=O)[C@H](Cc1c[nH]c2ccccc12)NC(=O)CN1C(=O)NC(C)(C)C1=O. The molecule has 2 aromatic rings. The molecule has 1 fully saturated rings. The summed E-state index contributed by atoms with van der Waals surface area (Å²) in [7, 11) is 1.23. The van der Waals surface area contributed by atoms with Crippen LogP contribution in [0.4, 0.5) is 4.79 Å². The van der Waals surface area contributed by atoms with Gasteiger partial charge in [-0.05, 0) is 25.5 Å². The molecule has 3 rings (SSSR count). The Balaban J connectivity index is 1.72. The molecule has 3 N–H and O–H groups in total. The number of hydrogen-bond donors (Lipinski definition) is 3. The Morgan fingerprint density at radius 1 is 1.25 bits per heavy atom. The third-order valence-electron chi connectivity index (χ3n) is 4.67. The van der Waals surface area contributed by atoms with Crippen molar-refractivity contribution >= 4 is 34.7 Å². The van der Waals surface area contributed by atoms with Crippen LogP contribution in [0.15, 0.2) is 30.5 Å². The lowest BCUT2D eigenvalue weighted by Gasteiger charge is -2.19. The number of rotatable bonds is 6. The van der Waals surface area contributed by atoms with Gasteiger partial charge in [0.05, 0.1) is 7.11 Å². The molecule has 9 heteroatoms. The largest absolute Gasteiger partial charge is 0.467 e. The van der Waals surface area contributed by atoms with Gasteiger partial charge in [-0.3, -0.25) is 14.5 Å². The first kappa shape index (κ1) is 19.4. The van der Waals surface area contributed by atoms with Crippen molar-refractivity contribution in [1.82, 2.24) is 20.5 Å². The zero-order chi connectivity index (χ0) is 20.5. The average molecular weight is 386 g/mol. The fourth-order valence-corrected chi connectivity index (χ4v) is 3.20. The van der Waals surface area contributed by atoms with Crippen molar-refractivity contribution in [1.29, 1.82) is 0 Å². The van der Waals surface area contributed by atoms with Crippen molar-refractivity contribution in [3.63, 3.8) is 0 Å². The molecule has 1 aliphatic heterocycles. The Hall–Kier alpha value is -3.36. The van der Waals surface area contributed by atoms with Crippen LogP contribution in [-0.4, -0.2) is 58.9 Å². The number of amides is 4. The quantitative estimate of drug-likeness (QED) is 0.498. The molecule has 2 heterocycles. The van der Waals surface area contributed by atoms with Crippen LogP contribution in [0.5, 0.6) is 0 Å². The maximum atomic E-state index is 12.4. The second-order valence-corrected chi connectivity index (χ2v) is 7.15. The van der Waals surface area contributed by atoms with Gasteiger partial charge in [0.25, 0.3) is 5.91 Å². The monoisotopic (exact) mass is 386 g/mol. The normalized spacial score (nSPS) is 16.8. The maximum absolute atomic E-state index is 12.4. The van der Waals surface area contributed by atoms with Crippen LogP contribution in [0.25, 0.3) is 10.9 Å². The summed E-state index contributed by atoms with van der Waals surface area (Å²) in [6, 6.07) is 5.99. The smallest absolute Gasteiger partial charge is 0.328 e. The number of benzene rings is 1. The number of aromatic nitrogens is 1. The molecule has 148 valence electrons. The summed E-state index contributed by atoms with van der Waals surface area (Å²) in [4.78, 5) is 52.7. The highest BCUT2D eigenvalue weighted by atomic mass is 16.5. The third kappa shape index (κ3) is 3.68. The van der Waals surface area contributed by atoms with Gasteiger partial charge in [-0.15, -0.1) is 0 Å². The van der Waals surface area contributed by atoms with Crippen LogP contribution in [0.2, 0.25) is 0 Å². The van der Waals surface area contributed by atoms with E-state index in [1.165, 1.54) is 7.11 Å². The number of esters is 1. The summed E-state index contributed by atoms with van der Waals surface area (Å²) in [5, 5.41) is 6.00. The molecule has 0 unspecified atom stereocenters. The third-order valence-corrected chi connectivity index (χ3v) is 4.67. The van der Waals surface area contributed by atoms with Crippen LogP contribution >= 0.6 is 0 Å². The van der Waals surface area contributed by atoms with E-state index in [0.717, 1.165) is 21.4 Å². The van der Waals surface area contributed by atoms with Gasteiger partial charge in [0.2, 0.25) is 5.91 Å². The molecule has 4 amide bonds. The minimum atomic E-state index is -1.07.